The van der Waals surface area contributed by atoms with E-state index in [1.54, 1.807) is 29.8 Å². The summed E-state index contributed by atoms with van der Waals surface area (Å²) in [4.78, 5) is 5.75. The van der Waals surface area contributed by atoms with E-state index in [1.807, 2.05) is 11.4 Å². The van der Waals surface area contributed by atoms with Gasteiger partial charge in [0.05, 0.1) is 23.3 Å². The number of thiophene rings is 1. The molecule has 4 nitrogen and oxygen atoms in total. The third-order valence-corrected chi connectivity index (χ3v) is 4.26. The van der Waals surface area contributed by atoms with Crippen molar-refractivity contribution >= 4 is 22.7 Å². The second kappa shape index (κ2) is 6.96. The Morgan fingerprint density at radius 2 is 2.39 bits per heavy atom. The Kier molecular flexibility index (Phi) is 5.27. The molecule has 0 aliphatic carbocycles. The lowest BCUT2D eigenvalue weighted by Gasteiger charge is -2.09. The van der Waals surface area contributed by atoms with Gasteiger partial charge in [0.25, 0.3) is 0 Å². The lowest BCUT2D eigenvalue weighted by atomic mass is 10.3. The Bertz CT molecular complexity index is 456. The van der Waals surface area contributed by atoms with Gasteiger partial charge >= 0.3 is 0 Å². The molecule has 0 fully saturated rings. The highest BCUT2D eigenvalue weighted by Gasteiger charge is 2.06. The lowest BCUT2D eigenvalue weighted by molar-refractivity contribution is 0.0644. The normalized spacial score (nSPS) is 12.8. The van der Waals surface area contributed by atoms with Crippen LogP contribution in [0.3, 0.4) is 0 Å². The van der Waals surface area contributed by atoms with Crippen molar-refractivity contribution in [1.82, 2.24) is 10.3 Å². The van der Waals surface area contributed by atoms with Crippen LogP contribution in [0.5, 0.6) is 0 Å². The summed E-state index contributed by atoms with van der Waals surface area (Å²) < 4.78 is 4.86. The molecular weight excluding hydrogens is 268 g/mol. The number of rotatable bonds is 7. The second-order valence-corrected chi connectivity index (χ2v) is 5.67. The van der Waals surface area contributed by atoms with Crippen molar-refractivity contribution in [2.24, 2.45) is 0 Å². The van der Waals surface area contributed by atoms with E-state index in [1.165, 1.54) is 4.88 Å². The van der Waals surface area contributed by atoms with Crippen LogP contribution in [-0.4, -0.2) is 36.5 Å². The molecule has 2 N–H and O–H groups in total. The molecule has 2 aromatic heterocycles. The number of hydrogen-bond acceptors (Lipinski definition) is 6. The number of thiazole rings is 1. The van der Waals surface area contributed by atoms with Gasteiger partial charge in [0.15, 0.2) is 0 Å². The van der Waals surface area contributed by atoms with E-state index in [2.05, 4.69) is 21.7 Å². The molecule has 2 aromatic rings. The van der Waals surface area contributed by atoms with E-state index in [-0.39, 0.29) is 0 Å². The average Bonchev–Trinajstić information content (AvgIpc) is 2.99. The van der Waals surface area contributed by atoms with Crippen molar-refractivity contribution in [2.75, 3.05) is 20.3 Å². The van der Waals surface area contributed by atoms with E-state index in [4.69, 9.17) is 4.74 Å². The number of hydrogen-bond donors (Lipinski definition) is 2. The van der Waals surface area contributed by atoms with E-state index >= 15 is 0 Å². The number of nitrogens with one attached hydrogen (secondary N) is 1. The van der Waals surface area contributed by atoms with Crippen molar-refractivity contribution in [3.05, 3.63) is 28.6 Å². The van der Waals surface area contributed by atoms with Gasteiger partial charge in [0.1, 0.15) is 5.01 Å². The minimum atomic E-state index is -0.467. The van der Waals surface area contributed by atoms with Gasteiger partial charge in [-0.05, 0) is 11.4 Å². The Morgan fingerprint density at radius 1 is 1.50 bits per heavy atom. The Labute approximate surface area is 114 Å². The third-order valence-electron chi connectivity index (χ3n) is 2.33. The van der Waals surface area contributed by atoms with Crippen molar-refractivity contribution in [2.45, 2.75) is 12.6 Å². The summed E-state index contributed by atoms with van der Waals surface area (Å²) in [6.07, 6.45) is -0.467. The smallest absolute Gasteiger partial charge is 0.133 e. The predicted molar refractivity (Wildman–Crippen MR) is 75.0 cm³/mol. The number of nitrogens with zero attached hydrogens (tertiary/aromatic N) is 1. The molecule has 98 valence electrons. The summed E-state index contributed by atoms with van der Waals surface area (Å²) in [5, 5.41) is 17.8. The number of aliphatic hydroxyl groups excluding tert-OH is 1. The van der Waals surface area contributed by atoms with Crippen LogP contribution in [0.2, 0.25) is 0 Å². The fourth-order valence-corrected chi connectivity index (χ4v) is 3.15. The second-order valence-electron chi connectivity index (χ2n) is 3.86. The average molecular weight is 284 g/mol. The third kappa shape index (κ3) is 3.86. The highest BCUT2D eigenvalue weighted by molar-refractivity contribution is 7.20. The van der Waals surface area contributed by atoms with Gasteiger partial charge in [-0.25, -0.2) is 4.98 Å². The van der Waals surface area contributed by atoms with Gasteiger partial charge in [-0.1, -0.05) is 6.07 Å². The van der Waals surface area contributed by atoms with Crippen LogP contribution < -0.4 is 5.32 Å². The molecule has 1 atom stereocenters. The molecule has 2 heterocycles. The summed E-state index contributed by atoms with van der Waals surface area (Å²) >= 11 is 3.34. The maximum absolute atomic E-state index is 9.48. The maximum Gasteiger partial charge on any atom is 0.133 e. The summed E-state index contributed by atoms with van der Waals surface area (Å²) in [6.45, 7) is 1.53. The molecule has 0 radical (unpaired) electrons. The number of methoxy groups -OCH3 is 1. The summed E-state index contributed by atoms with van der Waals surface area (Å²) in [6, 6.07) is 4.10. The Hall–Kier alpha value is -0.790. The summed E-state index contributed by atoms with van der Waals surface area (Å²) in [7, 11) is 1.58. The van der Waals surface area contributed by atoms with Crippen LogP contribution in [0, 0.1) is 0 Å². The van der Waals surface area contributed by atoms with Crippen LogP contribution in [0.25, 0.3) is 9.88 Å². The van der Waals surface area contributed by atoms with Crippen LogP contribution in [0.1, 0.15) is 5.69 Å². The van der Waals surface area contributed by atoms with Gasteiger partial charge in [0.2, 0.25) is 0 Å². The molecular formula is C12H16N2O2S2. The quantitative estimate of drug-likeness (QED) is 0.816. The first-order valence-corrected chi connectivity index (χ1v) is 7.41. The Morgan fingerprint density at radius 3 is 3.11 bits per heavy atom. The van der Waals surface area contributed by atoms with Gasteiger partial charge in [-0.15, -0.1) is 22.7 Å². The van der Waals surface area contributed by atoms with Gasteiger partial charge in [-0.3, -0.25) is 0 Å². The molecule has 0 amide bonds. The van der Waals surface area contributed by atoms with Gasteiger partial charge in [-0.2, -0.15) is 0 Å². The zero-order valence-corrected chi connectivity index (χ0v) is 11.8. The van der Waals surface area contributed by atoms with Crippen LogP contribution in [0.15, 0.2) is 22.9 Å². The number of aliphatic hydroxyl groups is 1. The first-order valence-electron chi connectivity index (χ1n) is 5.65. The first kappa shape index (κ1) is 13.6. The van der Waals surface area contributed by atoms with Crippen molar-refractivity contribution in [3.63, 3.8) is 0 Å². The highest BCUT2D eigenvalue weighted by Crippen LogP contribution is 2.27. The fourth-order valence-electron chi connectivity index (χ4n) is 1.52. The number of aromatic nitrogens is 1. The molecule has 0 saturated heterocycles. The van der Waals surface area contributed by atoms with Crippen LogP contribution >= 0.6 is 22.7 Å². The van der Waals surface area contributed by atoms with Gasteiger partial charge < -0.3 is 15.2 Å². The summed E-state index contributed by atoms with van der Waals surface area (Å²) in [5.41, 5.74) is 1.01. The molecule has 0 aliphatic heterocycles. The van der Waals surface area contributed by atoms with Crippen LogP contribution in [-0.2, 0) is 11.3 Å². The van der Waals surface area contributed by atoms with Crippen LogP contribution in [0.4, 0.5) is 0 Å². The van der Waals surface area contributed by atoms with Gasteiger partial charge in [0, 0.05) is 25.6 Å². The number of ether oxygens (including phenoxy) is 1. The first-order chi connectivity index (χ1) is 8.79. The minimum Gasteiger partial charge on any atom is -0.389 e. The minimum absolute atomic E-state index is 0.352. The predicted octanol–water partition coefficient (Wildman–Crippen LogP) is 1.97. The van der Waals surface area contributed by atoms with Crippen molar-refractivity contribution in [1.29, 1.82) is 0 Å². The molecule has 2 rings (SSSR count). The van der Waals surface area contributed by atoms with E-state index in [0.717, 1.165) is 10.7 Å². The Balaban J connectivity index is 1.81. The molecule has 1 unspecified atom stereocenters. The zero-order valence-electron chi connectivity index (χ0n) is 10.1. The topological polar surface area (TPSA) is 54.4 Å². The van der Waals surface area contributed by atoms with E-state index in [0.29, 0.717) is 19.7 Å². The van der Waals surface area contributed by atoms with E-state index in [9.17, 15) is 5.11 Å². The summed E-state index contributed by atoms with van der Waals surface area (Å²) in [5.74, 6) is 0. The van der Waals surface area contributed by atoms with E-state index < -0.39 is 6.10 Å². The fraction of sp³-hybridized carbons (Fsp3) is 0.417. The highest BCUT2D eigenvalue weighted by atomic mass is 32.1. The lowest BCUT2D eigenvalue weighted by Crippen LogP contribution is -2.29. The molecule has 0 aliphatic rings. The molecule has 0 aromatic carbocycles. The van der Waals surface area contributed by atoms with Crippen molar-refractivity contribution in [3.8, 4) is 9.88 Å². The molecule has 0 saturated carbocycles. The zero-order chi connectivity index (χ0) is 12.8. The molecule has 0 bridgehead atoms. The SMILES string of the molecule is COCC(O)CNCc1csc(-c2cccs2)n1. The molecule has 6 heteroatoms. The maximum atomic E-state index is 9.48. The largest absolute Gasteiger partial charge is 0.389 e. The monoisotopic (exact) mass is 284 g/mol. The molecule has 0 spiro atoms. The standard InChI is InChI=1S/C12H16N2O2S2/c1-16-7-10(15)6-13-5-9-8-18-12(14-9)11-3-2-4-17-11/h2-4,8,10,13,15H,5-7H2,1H3. The van der Waals surface area contributed by atoms with Crippen molar-refractivity contribution < 1.29 is 9.84 Å². The molecule has 18 heavy (non-hydrogen) atoms.